The molecule has 0 aliphatic carbocycles. The summed E-state index contributed by atoms with van der Waals surface area (Å²) in [6.45, 7) is 2.88. The first-order valence-electron chi connectivity index (χ1n) is 8.88. The van der Waals surface area contributed by atoms with E-state index in [1.807, 2.05) is 12.1 Å². The molecule has 1 fully saturated rings. The molecule has 4 rings (SSSR count). The first kappa shape index (κ1) is 17.2. The van der Waals surface area contributed by atoms with Crippen molar-refractivity contribution in [3.8, 4) is 11.5 Å². The summed E-state index contributed by atoms with van der Waals surface area (Å²) in [6.07, 6.45) is 2.37. The zero-order chi connectivity index (χ0) is 17.9. The smallest absolute Gasteiger partial charge is 0.251 e. The van der Waals surface area contributed by atoms with E-state index < -0.39 is 0 Å². The Kier molecular flexibility index (Phi) is 5.00. The largest absolute Gasteiger partial charge is 0.454 e. The van der Waals surface area contributed by atoms with Gasteiger partial charge < -0.3 is 14.8 Å². The molecule has 0 saturated carbocycles. The molecule has 6 heteroatoms. The highest BCUT2D eigenvalue weighted by Gasteiger charge is 2.26. The van der Waals surface area contributed by atoms with Gasteiger partial charge in [-0.1, -0.05) is 17.7 Å². The number of carbonyl (C=O) groups excluding carboxylic acids is 1. The van der Waals surface area contributed by atoms with E-state index in [2.05, 4.69) is 16.3 Å². The molecule has 0 bridgehead atoms. The van der Waals surface area contributed by atoms with E-state index in [1.165, 1.54) is 12.8 Å². The van der Waals surface area contributed by atoms with Crippen LogP contribution in [0.3, 0.4) is 0 Å². The number of hydrogen-bond acceptors (Lipinski definition) is 4. The van der Waals surface area contributed by atoms with Crippen LogP contribution >= 0.6 is 11.6 Å². The number of rotatable bonds is 5. The van der Waals surface area contributed by atoms with Crippen LogP contribution in [0.2, 0.25) is 5.02 Å². The SMILES string of the molecule is O=C(NCC(c1ccc2c(c1)OCO2)N1CCCC1)c1ccc(Cl)cc1. The molecule has 2 aromatic carbocycles. The Bertz CT molecular complexity index is 788. The second kappa shape index (κ2) is 7.56. The van der Waals surface area contributed by atoms with Crippen LogP contribution in [0.1, 0.15) is 34.8 Å². The normalized spacial score (nSPS) is 17.3. The van der Waals surface area contributed by atoms with Crippen LogP contribution in [-0.4, -0.2) is 37.2 Å². The standard InChI is InChI=1S/C20H21ClN2O3/c21-16-6-3-14(4-7-16)20(24)22-12-17(23-9-1-2-10-23)15-5-8-18-19(11-15)26-13-25-18/h3-8,11,17H,1-2,9-10,12-13H2,(H,22,24). The fourth-order valence-corrected chi connectivity index (χ4v) is 3.65. The number of amides is 1. The average molecular weight is 373 g/mol. The number of benzene rings is 2. The molecule has 1 atom stereocenters. The number of likely N-dealkylation sites (tertiary alicyclic amines) is 1. The lowest BCUT2D eigenvalue weighted by Crippen LogP contribution is -2.36. The number of carbonyl (C=O) groups is 1. The minimum absolute atomic E-state index is 0.0911. The van der Waals surface area contributed by atoms with Crippen molar-refractivity contribution in [1.82, 2.24) is 10.2 Å². The molecule has 2 aromatic rings. The van der Waals surface area contributed by atoms with Crippen LogP contribution in [0.15, 0.2) is 42.5 Å². The topological polar surface area (TPSA) is 50.8 Å². The highest BCUT2D eigenvalue weighted by atomic mass is 35.5. The molecule has 1 N–H and O–H groups in total. The molecular formula is C20H21ClN2O3. The van der Waals surface area contributed by atoms with Gasteiger partial charge in [0.2, 0.25) is 6.79 Å². The third-order valence-corrected chi connectivity index (χ3v) is 5.18. The van der Waals surface area contributed by atoms with Crippen molar-refractivity contribution < 1.29 is 14.3 Å². The summed E-state index contributed by atoms with van der Waals surface area (Å²) in [6, 6.07) is 13.1. The zero-order valence-electron chi connectivity index (χ0n) is 14.4. The third-order valence-electron chi connectivity index (χ3n) is 4.93. The van der Waals surface area contributed by atoms with Crippen LogP contribution in [-0.2, 0) is 0 Å². The van der Waals surface area contributed by atoms with Gasteiger partial charge in [-0.3, -0.25) is 9.69 Å². The van der Waals surface area contributed by atoms with Crippen LogP contribution < -0.4 is 14.8 Å². The number of ether oxygens (including phenoxy) is 2. The van der Waals surface area contributed by atoms with Gasteiger partial charge in [0.05, 0.1) is 6.04 Å². The molecule has 2 aliphatic heterocycles. The summed E-state index contributed by atoms with van der Waals surface area (Å²) in [5.74, 6) is 1.46. The fourth-order valence-electron chi connectivity index (χ4n) is 3.52. The average Bonchev–Trinajstić information content (AvgIpc) is 3.34. The molecule has 1 amide bonds. The van der Waals surface area contributed by atoms with E-state index in [0.29, 0.717) is 17.1 Å². The summed E-state index contributed by atoms with van der Waals surface area (Å²) < 4.78 is 10.9. The van der Waals surface area contributed by atoms with E-state index in [-0.39, 0.29) is 18.7 Å². The second-order valence-electron chi connectivity index (χ2n) is 6.59. The van der Waals surface area contributed by atoms with Crippen molar-refractivity contribution in [2.75, 3.05) is 26.4 Å². The maximum Gasteiger partial charge on any atom is 0.251 e. The van der Waals surface area contributed by atoms with Gasteiger partial charge in [0.15, 0.2) is 11.5 Å². The van der Waals surface area contributed by atoms with Crippen molar-refractivity contribution in [3.05, 3.63) is 58.6 Å². The highest BCUT2D eigenvalue weighted by Crippen LogP contribution is 2.36. The molecule has 1 unspecified atom stereocenters. The molecule has 0 radical (unpaired) electrons. The van der Waals surface area contributed by atoms with Gasteiger partial charge >= 0.3 is 0 Å². The lowest BCUT2D eigenvalue weighted by atomic mass is 10.0. The zero-order valence-corrected chi connectivity index (χ0v) is 15.2. The Hall–Kier alpha value is -2.24. The lowest BCUT2D eigenvalue weighted by molar-refractivity contribution is 0.0938. The minimum atomic E-state index is -0.0911. The van der Waals surface area contributed by atoms with Crippen LogP contribution in [0.25, 0.3) is 0 Å². The highest BCUT2D eigenvalue weighted by molar-refractivity contribution is 6.30. The van der Waals surface area contributed by atoms with Crippen molar-refractivity contribution >= 4 is 17.5 Å². The van der Waals surface area contributed by atoms with Gasteiger partial charge in [0.1, 0.15) is 0 Å². The first-order chi connectivity index (χ1) is 12.7. The number of hydrogen-bond donors (Lipinski definition) is 1. The Morgan fingerprint density at radius 1 is 1.08 bits per heavy atom. The molecule has 0 aromatic heterocycles. The van der Waals surface area contributed by atoms with Crippen molar-refractivity contribution in [1.29, 1.82) is 0 Å². The molecule has 1 saturated heterocycles. The molecule has 5 nitrogen and oxygen atoms in total. The van der Waals surface area contributed by atoms with E-state index in [4.69, 9.17) is 21.1 Å². The van der Waals surface area contributed by atoms with Gasteiger partial charge in [-0.2, -0.15) is 0 Å². The van der Waals surface area contributed by atoms with E-state index >= 15 is 0 Å². The van der Waals surface area contributed by atoms with Gasteiger partial charge in [-0.15, -0.1) is 0 Å². The number of fused-ring (bicyclic) bond motifs is 1. The van der Waals surface area contributed by atoms with Gasteiger partial charge in [0.25, 0.3) is 5.91 Å². The van der Waals surface area contributed by atoms with Crippen LogP contribution in [0, 0.1) is 0 Å². The summed E-state index contributed by atoms with van der Waals surface area (Å²) in [4.78, 5) is 14.9. The minimum Gasteiger partial charge on any atom is -0.454 e. The van der Waals surface area contributed by atoms with Gasteiger partial charge in [0, 0.05) is 17.1 Å². The van der Waals surface area contributed by atoms with Crippen LogP contribution in [0.4, 0.5) is 0 Å². The Morgan fingerprint density at radius 2 is 1.81 bits per heavy atom. The summed E-state index contributed by atoms with van der Waals surface area (Å²) in [7, 11) is 0. The predicted octanol–water partition coefficient (Wildman–Crippen LogP) is 3.64. The van der Waals surface area contributed by atoms with Gasteiger partial charge in [-0.25, -0.2) is 0 Å². The van der Waals surface area contributed by atoms with Crippen molar-refractivity contribution in [3.63, 3.8) is 0 Å². The second-order valence-corrected chi connectivity index (χ2v) is 7.02. The third kappa shape index (κ3) is 3.64. The van der Waals surface area contributed by atoms with E-state index in [9.17, 15) is 4.79 Å². The number of nitrogens with one attached hydrogen (secondary N) is 1. The maximum atomic E-state index is 12.5. The molecular weight excluding hydrogens is 352 g/mol. The predicted molar refractivity (Wildman–Crippen MR) is 99.9 cm³/mol. The Morgan fingerprint density at radius 3 is 2.58 bits per heavy atom. The summed E-state index contributed by atoms with van der Waals surface area (Å²) >= 11 is 5.90. The molecule has 2 aliphatic rings. The summed E-state index contributed by atoms with van der Waals surface area (Å²) in [5.41, 5.74) is 1.74. The Balaban J connectivity index is 1.50. The lowest BCUT2D eigenvalue weighted by Gasteiger charge is -2.28. The van der Waals surface area contributed by atoms with Gasteiger partial charge in [-0.05, 0) is 67.9 Å². The quantitative estimate of drug-likeness (QED) is 0.870. The number of nitrogens with zero attached hydrogens (tertiary/aromatic N) is 1. The Labute approximate surface area is 157 Å². The first-order valence-corrected chi connectivity index (χ1v) is 9.26. The molecule has 136 valence electrons. The number of halogens is 1. The molecule has 26 heavy (non-hydrogen) atoms. The van der Waals surface area contributed by atoms with E-state index in [0.717, 1.165) is 30.2 Å². The maximum absolute atomic E-state index is 12.5. The molecule has 0 spiro atoms. The van der Waals surface area contributed by atoms with Crippen molar-refractivity contribution in [2.45, 2.75) is 18.9 Å². The van der Waals surface area contributed by atoms with E-state index in [1.54, 1.807) is 24.3 Å². The fraction of sp³-hybridized carbons (Fsp3) is 0.350. The summed E-state index contributed by atoms with van der Waals surface area (Å²) in [5, 5.41) is 3.69. The molecule has 2 heterocycles. The van der Waals surface area contributed by atoms with Crippen LogP contribution in [0.5, 0.6) is 11.5 Å². The monoisotopic (exact) mass is 372 g/mol. The van der Waals surface area contributed by atoms with Crippen molar-refractivity contribution in [2.24, 2.45) is 0 Å².